The van der Waals surface area contributed by atoms with Crippen molar-refractivity contribution in [2.24, 2.45) is 0 Å². The van der Waals surface area contributed by atoms with Crippen molar-refractivity contribution in [2.75, 3.05) is 19.6 Å². The van der Waals surface area contributed by atoms with Crippen molar-refractivity contribution < 1.29 is 9.59 Å². The molecule has 4 heteroatoms. The van der Waals surface area contributed by atoms with Gasteiger partial charge in [0, 0.05) is 18.0 Å². The molecule has 0 saturated heterocycles. The van der Waals surface area contributed by atoms with Crippen molar-refractivity contribution in [3.63, 3.8) is 0 Å². The van der Waals surface area contributed by atoms with Crippen LogP contribution in [0.25, 0.3) is 0 Å². The molecule has 1 aromatic rings. The molecule has 116 valence electrons. The van der Waals surface area contributed by atoms with Gasteiger partial charge in [0.15, 0.2) is 5.78 Å². The Hall–Kier alpha value is -1.68. The fourth-order valence-electron chi connectivity index (χ4n) is 2.15. The summed E-state index contributed by atoms with van der Waals surface area (Å²) in [7, 11) is 0. The highest BCUT2D eigenvalue weighted by atomic mass is 16.2. The highest BCUT2D eigenvalue weighted by Gasteiger charge is 2.11. The first-order valence-electron chi connectivity index (χ1n) is 7.63. The number of Topliss-reactive ketones (excluding diaryl/α,β-unsaturated/α-hetero) is 1. The van der Waals surface area contributed by atoms with E-state index in [4.69, 9.17) is 0 Å². The molecule has 21 heavy (non-hydrogen) atoms. The Morgan fingerprint density at radius 3 is 2.43 bits per heavy atom. The molecule has 0 spiro atoms. The highest BCUT2D eigenvalue weighted by Crippen LogP contribution is 2.06. The van der Waals surface area contributed by atoms with E-state index in [1.54, 1.807) is 0 Å². The summed E-state index contributed by atoms with van der Waals surface area (Å²) in [6.45, 7) is 7.90. The molecule has 0 aliphatic carbocycles. The minimum Gasteiger partial charge on any atom is -0.353 e. The van der Waals surface area contributed by atoms with Gasteiger partial charge in [0.05, 0.1) is 6.54 Å². The fourth-order valence-corrected chi connectivity index (χ4v) is 2.15. The van der Waals surface area contributed by atoms with Gasteiger partial charge in [-0.25, -0.2) is 0 Å². The molecule has 0 heterocycles. The number of carbonyl (C=O) groups excluding carboxylic acids is 2. The summed E-state index contributed by atoms with van der Waals surface area (Å²) < 4.78 is 0. The maximum absolute atomic E-state index is 12.0. The lowest BCUT2D eigenvalue weighted by Crippen LogP contribution is -2.40. The Morgan fingerprint density at radius 2 is 1.86 bits per heavy atom. The number of benzene rings is 1. The average molecular weight is 290 g/mol. The number of amides is 1. The lowest BCUT2D eigenvalue weighted by atomic mass is 10.1. The number of carbonyl (C=O) groups is 2. The molecule has 0 atom stereocenters. The Balaban J connectivity index is 2.32. The van der Waals surface area contributed by atoms with E-state index in [1.165, 1.54) is 0 Å². The quantitative estimate of drug-likeness (QED) is 0.711. The topological polar surface area (TPSA) is 49.4 Å². The van der Waals surface area contributed by atoms with Gasteiger partial charge in [-0.1, -0.05) is 37.3 Å². The highest BCUT2D eigenvalue weighted by molar-refractivity contribution is 5.95. The third-order valence-corrected chi connectivity index (χ3v) is 3.24. The molecule has 0 fully saturated rings. The van der Waals surface area contributed by atoms with Crippen LogP contribution in [0.3, 0.4) is 0 Å². The number of likely N-dealkylation sites (N-methyl/N-ethyl adjacent to an activating group) is 1. The van der Waals surface area contributed by atoms with Crippen LogP contribution in [0.2, 0.25) is 0 Å². The third kappa shape index (κ3) is 7.04. The second-order valence-corrected chi connectivity index (χ2v) is 5.48. The minimum atomic E-state index is 0.0428. The van der Waals surface area contributed by atoms with Gasteiger partial charge >= 0.3 is 0 Å². The lowest BCUT2D eigenvalue weighted by molar-refractivity contribution is -0.122. The molecule has 0 saturated carbocycles. The first-order chi connectivity index (χ1) is 10.0. The molecule has 1 rings (SSSR count). The van der Waals surface area contributed by atoms with Gasteiger partial charge in [-0.15, -0.1) is 0 Å². The molecule has 1 N–H and O–H groups in total. The van der Waals surface area contributed by atoms with E-state index in [2.05, 4.69) is 10.2 Å². The Bertz CT molecular complexity index is 443. The number of rotatable bonds is 9. The molecule has 0 aliphatic heterocycles. The molecular formula is C17H26N2O2. The first-order valence-corrected chi connectivity index (χ1v) is 7.63. The van der Waals surface area contributed by atoms with E-state index in [9.17, 15) is 9.59 Å². The molecule has 0 unspecified atom stereocenters. The molecule has 0 aromatic heterocycles. The van der Waals surface area contributed by atoms with Crippen LogP contribution in [0.1, 0.15) is 44.0 Å². The standard InChI is InChI=1S/C17H26N2O2/c1-4-19(13-17(21)18-14(2)3)12-8-11-16(20)15-9-6-5-7-10-15/h5-7,9-10,14H,4,8,11-13H2,1-3H3,(H,18,21). The van der Waals surface area contributed by atoms with Crippen molar-refractivity contribution >= 4 is 11.7 Å². The van der Waals surface area contributed by atoms with Crippen LogP contribution in [0.15, 0.2) is 30.3 Å². The zero-order valence-electron chi connectivity index (χ0n) is 13.3. The maximum atomic E-state index is 12.0. The Kier molecular flexibility index (Phi) is 7.69. The van der Waals surface area contributed by atoms with Gasteiger partial charge in [0.2, 0.25) is 5.91 Å². The third-order valence-electron chi connectivity index (χ3n) is 3.24. The van der Waals surface area contributed by atoms with Crippen LogP contribution < -0.4 is 5.32 Å². The predicted molar refractivity (Wildman–Crippen MR) is 85.4 cm³/mol. The van der Waals surface area contributed by atoms with Gasteiger partial charge in [-0.3, -0.25) is 14.5 Å². The number of hydrogen-bond acceptors (Lipinski definition) is 3. The Labute approximate surface area is 127 Å². The molecular weight excluding hydrogens is 264 g/mol. The van der Waals surface area contributed by atoms with Crippen molar-refractivity contribution in [3.05, 3.63) is 35.9 Å². The van der Waals surface area contributed by atoms with E-state index in [0.717, 1.165) is 25.1 Å². The molecule has 0 radical (unpaired) electrons. The second-order valence-electron chi connectivity index (χ2n) is 5.48. The fraction of sp³-hybridized carbons (Fsp3) is 0.529. The second kappa shape index (κ2) is 9.29. The molecule has 0 bridgehead atoms. The molecule has 0 aliphatic rings. The summed E-state index contributed by atoms with van der Waals surface area (Å²) in [4.78, 5) is 25.8. The predicted octanol–water partition coefficient (Wildman–Crippen LogP) is 2.50. The van der Waals surface area contributed by atoms with E-state index < -0.39 is 0 Å². The van der Waals surface area contributed by atoms with Gasteiger partial charge in [0.1, 0.15) is 0 Å². The SMILES string of the molecule is CCN(CCCC(=O)c1ccccc1)CC(=O)NC(C)C. The van der Waals surface area contributed by atoms with Crippen LogP contribution in [-0.2, 0) is 4.79 Å². The number of nitrogens with zero attached hydrogens (tertiary/aromatic N) is 1. The summed E-state index contributed by atoms with van der Waals surface area (Å²) in [5.74, 6) is 0.208. The van der Waals surface area contributed by atoms with Gasteiger partial charge < -0.3 is 5.32 Å². The normalized spacial score (nSPS) is 10.9. The van der Waals surface area contributed by atoms with Gasteiger partial charge in [0.25, 0.3) is 0 Å². The molecule has 1 aromatic carbocycles. The van der Waals surface area contributed by atoms with E-state index in [1.807, 2.05) is 51.1 Å². The number of hydrogen-bond donors (Lipinski definition) is 1. The van der Waals surface area contributed by atoms with Crippen molar-refractivity contribution in [1.29, 1.82) is 0 Å². The minimum absolute atomic E-state index is 0.0428. The van der Waals surface area contributed by atoms with Gasteiger partial charge in [-0.2, -0.15) is 0 Å². The van der Waals surface area contributed by atoms with E-state index >= 15 is 0 Å². The number of ketones is 1. The average Bonchev–Trinajstić information content (AvgIpc) is 2.46. The first kappa shape index (κ1) is 17.4. The van der Waals surface area contributed by atoms with Gasteiger partial charge in [-0.05, 0) is 33.4 Å². The summed E-state index contributed by atoms with van der Waals surface area (Å²) in [5.41, 5.74) is 0.762. The Morgan fingerprint density at radius 1 is 1.19 bits per heavy atom. The smallest absolute Gasteiger partial charge is 0.234 e. The molecule has 4 nitrogen and oxygen atoms in total. The number of nitrogens with one attached hydrogen (secondary N) is 1. The summed E-state index contributed by atoms with van der Waals surface area (Å²) in [6.07, 6.45) is 1.29. The summed E-state index contributed by atoms with van der Waals surface area (Å²) in [6, 6.07) is 9.51. The van der Waals surface area contributed by atoms with Crippen molar-refractivity contribution in [3.8, 4) is 0 Å². The summed E-state index contributed by atoms with van der Waals surface area (Å²) >= 11 is 0. The van der Waals surface area contributed by atoms with Crippen molar-refractivity contribution in [1.82, 2.24) is 10.2 Å². The van der Waals surface area contributed by atoms with Crippen molar-refractivity contribution in [2.45, 2.75) is 39.7 Å². The van der Waals surface area contributed by atoms with E-state index in [-0.39, 0.29) is 17.7 Å². The van der Waals surface area contributed by atoms with Crippen LogP contribution in [0, 0.1) is 0 Å². The van der Waals surface area contributed by atoms with Crippen LogP contribution in [0.4, 0.5) is 0 Å². The zero-order chi connectivity index (χ0) is 15.7. The zero-order valence-corrected chi connectivity index (χ0v) is 13.3. The van der Waals surface area contributed by atoms with Crippen LogP contribution in [0.5, 0.6) is 0 Å². The van der Waals surface area contributed by atoms with Crippen LogP contribution >= 0.6 is 0 Å². The van der Waals surface area contributed by atoms with Crippen LogP contribution in [-0.4, -0.2) is 42.3 Å². The monoisotopic (exact) mass is 290 g/mol. The maximum Gasteiger partial charge on any atom is 0.234 e. The summed E-state index contributed by atoms with van der Waals surface area (Å²) in [5, 5.41) is 2.89. The van der Waals surface area contributed by atoms with E-state index in [0.29, 0.717) is 13.0 Å². The largest absolute Gasteiger partial charge is 0.353 e. The molecule has 1 amide bonds. The lowest BCUT2D eigenvalue weighted by Gasteiger charge is -2.20.